The molecule has 0 bridgehead atoms. The van der Waals surface area contributed by atoms with Gasteiger partial charge in [-0.2, -0.15) is 0 Å². The van der Waals surface area contributed by atoms with Crippen LogP contribution in [0.2, 0.25) is 0 Å². The third-order valence-corrected chi connectivity index (χ3v) is 5.27. The zero-order valence-corrected chi connectivity index (χ0v) is 14.6. The van der Waals surface area contributed by atoms with Crippen molar-refractivity contribution in [1.82, 2.24) is 10.2 Å². The average molecular weight is 358 g/mol. The monoisotopic (exact) mass is 358 g/mol. The molecule has 1 aromatic carbocycles. The highest BCUT2D eigenvalue weighted by Gasteiger charge is 2.40. The second-order valence-corrected chi connectivity index (χ2v) is 6.99. The Morgan fingerprint density at radius 1 is 1.15 bits per heavy atom. The van der Waals surface area contributed by atoms with Crippen LogP contribution in [0.3, 0.4) is 0 Å². The number of fused-ring (bicyclic) bond motifs is 1. The van der Waals surface area contributed by atoms with Gasteiger partial charge in [0.2, 0.25) is 5.91 Å². The molecule has 3 amide bonds. The van der Waals surface area contributed by atoms with E-state index in [4.69, 9.17) is 5.11 Å². The number of imide groups is 1. The minimum absolute atomic E-state index is 0.160. The molecule has 7 heteroatoms. The van der Waals surface area contributed by atoms with Crippen LogP contribution in [-0.4, -0.2) is 46.3 Å². The van der Waals surface area contributed by atoms with Crippen molar-refractivity contribution in [3.63, 3.8) is 0 Å². The molecule has 0 saturated heterocycles. The Hall–Kier alpha value is -2.70. The number of amides is 3. The SMILES string of the molecule is CC(NC(=O)C1CCCCC1CN1C(=O)c2ccccc2C1=O)C(=O)O. The molecule has 3 atom stereocenters. The van der Waals surface area contributed by atoms with Crippen molar-refractivity contribution in [2.45, 2.75) is 38.6 Å². The fourth-order valence-electron chi connectivity index (χ4n) is 3.79. The first kappa shape index (κ1) is 18.1. The normalized spacial score (nSPS) is 23.5. The van der Waals surface area contributed by atoms with Crippen molar-refractivity contribution < 1.29 is 24.3 Å². The molecular weight excluding hydrogens is 336 g/mol. The van der Waals surface area contributed by atoms with Crippen molar-refractivity contribution in [3.8, 4) is 0 Å². The first-order valence-electron chi connectivity index (χ1n) is 8.88. The molecular formula is C19H22N2O5. The van der Waals surface area contributed by atoms with E-state index in [1.165, 1.54) is 11.8 Å². The number of carboxylic acids is 1. The van der Waals surface area contributed by atoms with Gasteiger partial charge in [0.05, 0.1) is 11.1 Å². The van der Waals surface area contributed by atoms with Gasteiger partial charge in [-0.15, -0.1) is 0 Å². The summed E-state index contributed by atoms with van der Waals surface area (Å²) in [5.41, 5.74) is 0.794. The highest BCUT2D eigenvalue weighted by Crippen LogP contribution is 2.33. The zero-order valence-electron chi connectivity index (χ0n) is 14.6. The van der Waals surface area contributed by atoms with Gasteiger partial charge in [-0.3, -0.25) is 24.1 Å². The molecule has 1 fully saturated rings. The number of carbonyl (C=O) groups excluding carboxylic acids is 3. The number of nitrogens with zero attached hydrogens (tertiary/aromatic N) is 1. The van der Waals surface area contributed by atoms with Gasteiger partial charge in [-0.1, -0.05) is 25.0 Å². The van der Waals surface area contributed by atoms with E-state index in [1.54, 1.807) is 24.3 Å². The summed E-state index contributed by atoms with van der Waals surface area (Å²) in [5, 5.41) is 11.5. The van der Waals surface area contributed by atoms with Crippen molar-refractivity contribution in [2.24, 2.45) is 11.8 Å². The fraction of sp³-hybridized carbons (Fsp3) is 0.474. The summed E-state index contributed by atoms with van der Waals surface area (Å²) >= 11 is 0. The molecule has 1 heterocycles. The number of rotatable bonds is 5. The maximum Gasteiger partial charge on any atom is 0.325 e. The number of nitrogens with one attached hydrogen (secondary N) is 1. The van der Waals surface area contributed by atoms with Crippen LogP contribution in [0.4, 0.5) is 0 Å². The topological polar surface area (TPSA) is 104 Å². The van der Waals surface area contributed by atoms with E-state index in [0.717, 1.165) is 19.3 Å². The van der Waals surface area contributed by atoms with Gasteiger partial charge >= 0.3 is 5.97 Å². The van der Waals surface area contributed by atoms with Crippen molar-refractivity contribution in [2.75, 3.05) is 6.54 Å². The van der Waals surface area contributed by atoms with Crippen molar-refractivity contribution >= 4 is 23.7 Å². The minimum atomic E-state index is -1.09. The van der Waals surface area contributed by atoms with Crippen LogP contribution in [0.5, 0.6) is 0 Å². The van der Waals surface area contributed by atoms with E-state index in [1.807, 2.05) is 0 Å². The molecule has 7 nitrogen and oxygen atoms in total. The molecule has 26 heavy (non-hydrogen) atoms. The molecule has 3 rings (SSSR count). The van der Waals surface area contributed by atoms with Crippen molar-refractivity contribution in [3.05, 3.63) is 35.4 Å². The Bertz CT molecular complexity index is 725. The predicted octanol–water partition coefficient (Wildman–Crippen LogP) is 1.68. The summed E-state index contributed by atoms with van der Waals surface area (Å²) in [6.07, 6.45) is 3.16. The molecule has 0 aromatic heterocycles. The number of carboxylic acid groups (broad SMARTS) is 1. The van der Waals surface area contributed by atoms with Crippen LogP contribution in [0, 0.1) is 11.8 Å². The number of hydrogen-bond acceptors (Lipinski definition) is 4. The van der Waals surface area contributed by atoms with Gasteiger partial charge in [0, 0.05) is 12.5 Å². The second kappa shape index (κ2) is 7.27. The Morgan fingerprint density at radius 2 is 1.73 bits per heavy atom. The third kappa shape index (κ3) is 3.34. The molecule has 1 aliphatic heterocycles. The third-order valence-electron chi connectivity index (χ3n) is 5.27. The van der Waals surface area contributed by atoms with E-state index < -0.39 is 17.9 Å². The van der Waals surface area contributed by atoms with E-state index >= 15 is 0 Å². The standard InChI is InChI=1S/C19H22N2O5/c1-11(19(25)26)20-16(22)13-7-3-2-6-12(13)10-21-17(23)14-8-4-5-9-15(14)18(21)24/h4-5,8-9,11-13H,2-3,6-7,10H2,1H3,(H,20,22)(H,25,26). The molecule has 3 unspecified atom stereocenters. The summed E-state index contributed by atoms with van der Waals surface area (Å²) < 4.78 is 0. The van der Waals surface area contributed by atoms with Gasteiger partial charge < -0.3 is 10.4 Å². The first-order chi connectivity index (χ1) is 12.4. The predicted molar refractivity (Wildman–Crippen MR) is 92.5 cm³/mol. The maximum atomic E-state index is 12.6. The minimum Gasteiger partial charge on any atom is -0.480 e. The number of aliphatic carboxylic acids is 1. The van der Waals surface area contributed by atoms with Gasteiger partial charge in [-0.25, -0.2) is 0 Å². The van der Waals surface area contributed by atoms with E-state index in [9.17, 15) is 19.2 Å². The van der Waals surface area contributed by atoms with E-state index in [0.29, 0.717) is 17.5 Å². The Kier molecular flexibility index (Phi) is 5.06. The van der Waals surface area contributed by atoms with Crippen LogP contribution in [0.15, 0.2) is 24.3 Å². The molecule has 2 aliphatic rings. The van der Waals surface area contributed by atoms with E-state index in [2.05, 4.69) is 5.32 Å². The molecule has 0 radical (unpaired) electrons. The average Bonchev–Trinajstić information content (AvgIpc) is 2.87. The second-order valence-electron chi connectivity index (χ2n) is 6.99. The Balaban J connectivity index is 1.73. The number of hydrogen-bond donors (Lipinski definition) is 2. The smallest absolute Gasteiger partial charge is 0.325 e. The Morgan fingerprint density at radius 3 is 2.31 bits per heavy atom. The van der Waals surface area contributed by atoms with Crippen LogP contribution in [0.25, 0.3) is 0 Å². The molecule has 1 aliphatic carbocycles. The van der Waals surface area contributed by atoms with Crippen LogP contribution in [0.1, 0.15) is 53.3 Å². The lowest BCUT2D eigenvalue weighted by Crippen LogP contribution is -2.47. The molecule has 1 saturated carbocycles. The lowest BCUT2D eigenvalue weighted by molar-refractivity contribution is -0.142. The summed E-state index contributed by atoms with van der Waals surface area (Å²) in [7, 11) is 0. The number of benzene rings is 1. The highest BCUT2D eigenvalue weighted by molar-refractivity contribution is 6.21. The Labute approximate surface area is 151 Å². The highest BCUT2D eigenvalue weighted by atomic mass is 16.4. The van der Waals surface area contributed by atoms with Crippen LogP contribution >= 0.6 is 0 Å². The van der Waals surface area contributed by atoms with Crippen molar-refractivity contribution in [1.29, 1.82) is 0 Å². The first-order valence-corrected chi connectivity index (χ1v) is 8.88. The fourth-order valence-corrected chi connectivity index (χ4v) is 3.79. The molecule has 138 valence electrons. The largest absolute Gasteiger partial charge is 0.480 e. The van der Waals surface area contributed by atoms with Gasteiger partial charge in [-0.05, 0) is 37.8 Å². The quantitative estimate of drug-likeness (QED) is 0.780. The lowest BCUT2D eigenvalue weighted by Gasteiger charge is -2.33. The number of carbonyl (C=O) groups is 4. The lowest BCUT2D eigenvalue weighted by atomic mass is 9.78. The van der Waals surface area contributed by atoms with Crippen LogP contribution in [-0.2, 0) is 9.59 Å². The summed E-state index contributed by atoms with van der Waals surface area (Å²) in [4.78, 5) is 49.8. The van der Waals surface area contributed by atoms with Gasteiger partial charge in [0.1, 0.15) is 6.04 Å². The van der Waals surface area contributed by atoms with Crippen LogP contribution < -0.4 is 5.32 Å². The maximum absolute atomic E-state index is 12.6. The summed E-state index contributed by atoms with van der Waals surface area (Å²) in [6, 6.07) is 5.74. The zero-order chi connectivity index (χ0) is 18.8. The van der Waals surface area contributed by atoms with Gasteiger partial charge in [0.15, 0.2) is 0 Å². The summed E-state index contributed by atoms with van der Waals surface area (Å²) in [5.74, 6) is -2.61. The molecule has 2 N–H and O–H groups in total. The van der Waals surface area contributed by atoms with Gasteiger partial charge in [0.25, 0.3) is 11.8 Å². The molecule has 1 aromatic rings. The molecule has 0 spiro atoms. The summed E-state index contributed by atoms with van der Waals surface area (Å²) in [6.45, 7) is 1.61. The van der Waals surface area contributed by atoms with E-state index in [-0.39, 0.29) is 30.2 Å².